The molecule has 0 saturated carbocycles. The van der Waals surface area contributed by atoms with E-state index in [1.165, 1.54) is 30.5 Å². The van der Waals surface area contributed by atoms with E-state index in [-0.39, 0.29) is 0 Å². The summed E-state index contributed by atoms with van der Waals surface area (Å²) in [6.45, 7) is 3.34. The lowest BCUT2D eigenvalue weighted by Crippen LogP contribution is -2.38. The SMILES string of the molecule is CCC(CC(N)=S)N1CCCCc2ccccc21. The van der Waals surface area contributed by atoms with Gasteiger partial charge in [-0.2, -0.15) is 0 Å². The van der Waals surface area contributed by atoms with Crippen molar-refractivity contribution in [2.75, 3.05) is 11.4 Å². The number of nitrogens with zero attached hydrogens (tertiary/aromatic N) is 1. The molecule has 1 aliphatic heterocycles. The Bertz CT molecular complexity index is 417. The normalized spacial score (nSPS) is 16.8. The van der Waals surface area contributed by atoms with Gasteiger partial charge in [-0.05, 0) is 37.3 Å². The number of para-hydroxylation sites is 1. The fourth-order valence-electron chi connectivity index (χ4n) is 2.81. The summed E-state index contributed by atoms with van der Waals surface area (Å²) in [5.74, 6) is 0. The minimum Gasteiger partial charge on any atom is -0.393 e. The van der Waals surface area contributed by atoms with Crippen molar-refractivity contribution in [2.45, 2.75) is 45.1 Å². The third-order valence-corrected chi connectivity index (χ3v) is 3.91. The van der Waals surface area contributed by atoms with E-state index in [1.807, 2.05) is 0 Å². The summed E-state index contributed by atoms with van der Waals surface area (Å²) >= 11 is 5.09. The third-order valence-electron chi connectivity index (χ3n) is 3.75. The van der Waals surface area contributed by atoms with Crippen LogP contribution in [0, 0.1) is 0 Å². The van der Waals surface area contributed by atoms with Crippen molar-refractivity contribution in [1.29, 1.82) is 0 Å². The smallest absolute Gasteiger partial charge is 0.0747 e. The number of nitrogens with two attached hydrogens (primary N) is 1. The first-order valence-electron chi connectivity index (χ1n) is 6.85. The van der Waals surface area contributed by atoms with E-state index in [0.29, 0.717) is 11.0 Å². The maximum absolute atomic E-state index is 5.74. The largest absolute Gasteiger partial charge is 0.393 e. The van der Waals surface area contributed by atoms with Crippen molar-refractivity contribution in [3.63, 3.8) is 0 Å². The molecule has 1 aliphatic rings. The standard InChI is InChI=1S/C15H22N2S/c1-2-13(11-15(16)18)17-10-6-5-8-12-7-3-4-9-14(12)17/h3-4,7,9,13H,2,5-6,8,10-11H2,1H3,(H2,16,18). The van der Waals surface area contributed by atoms with Crippen LogP contribution in [0.1, 0.15) is 38.2 Å². The summed E-state index contributed by atoms with van der Waals surface area (Å²) in [5.41, 5.74) is 8.60. The molecule has 3 heteroatoms. The molecule has 0 spiro atoms. The van der Waals surface area contributed by atoms with Crippen LogP contribution in [0.2, 0.25) is 0 Å². The maximum atomic E-state index is 5.74. The highest BCUT2D eigenvalue weighted by Crippen LogP contribution is 2.29. The third kappa shape index (κ3) is 3.02. The summed E-state index contributed by atoms with van der Waals surface area (Å²) in [4.78, 5) is 3.14. The molecule has 0 amide bonds. The number of anilines is 1. The number of hydrogen-bond donors (Lipinski definition) is 1. The second kappa shape index (κ2) is 6.19. The fraction of sp³-hybridized carbons (Fsp3) is 0.533. The second-order valence-electron chi connectivity index (χ2n) is 5.01. The van der Waals surface area contributed by atoms with Crippen LogP contribution in [0.3, 0.4) is 0 Å². The predicted octanol–water partition coefficient (Wildman–Crippen LogP) is 3.28. The lowest BCUT2D eigenvalue weighted by molar-refractivity contribution is 0.579. The Morgan fingerprint density at radius 3 is 2.89 bits per heavy atom. The Balaban J connectivity index is 2.28. The Morgan fingerprint density at radius 2 is 2.17 bits per heavy atom. The number of benzene rings is 1. The number of hydrogen-bond acceptors (Lipinski definition) is 2. The number of rotatable bonds is 4. The molecule has 1 atom stereocenters. The van der Waals surface area contributed by atoms with Gasteiger partial charge in [-0.25, -0.2) is 0 Å². The van der Waals surface area contributed by atoms with Gasteiger partial charge in [-0.3, -0.25) is 0 Å². The zero-order valence-corrected chi connectivity index (χ0v) is 11.9. The van der Waals surface area contributed by atoms with Gasteiger partial charge in [0.2, 0.25) is 0 Å². The molecule has 0 bridgehead atoms. The molecule has 1 aromatic rings. The summed E-state index contributed by atoms with van der Waals surface area (Å²) in [5, 5.41) is 0. The van der Waals surface area contributed by atoms with Crippen LogP contribution in [0.5, 0.6) is 0 Å². The van der Waals surface area contributed by atoms with Crippen LogP contribution in [-0.2, 0) is 6.42 Å². The Hall–Kier alpha value is -1.09. The zero-order chi connectivity index (χ0) is 13.0. The van der Waals surface area contributed by atoms with E-state index in [1.54, 1.807) is 0 Å². The van der Waals surface area contributed by atoms with Crippen molar-refractivity contribution in [3.05, 3.63) is 29.8 Å². The van der Waals surface area contributed by atoms with Crippen LogP contribution in [0.15, 0.2) is 24.3 Å². The number of thiocarbonyl (C=S) groups is 1. The van der Waals surface area contributed by atoms with Gasteiger partial charge >= 0.3 is 0 Å². The minimum absolute atomic E-state index is 0.446. The molecule has 0 aliphatic carbocycles. The molecule has 2 rings (SSSR count). The van der Waals surface area contributed by atoms with Gasteiger partial charge in [0.15, 0.2) is 0 Å². The van der Waals surface area contributed by atoms with E-state index < -0.39 is 0 Å². The van der Waals surface area contributed by atoms with Gasteiger partial charge in [-0.15, -0.1) is 0 Å². The van der Waals surface area contributed by atoms with Crippen LogP contribution >= 0.6 is 12.2 Å². The van der Waals surface area contributed by atoms with Crippen molar-refractivity contribution in [2.24, 2.45) is 5.73 Å². The predicted molar refractivity (Wildman–Crippen MR) is 82.2 cm³/mol. The molecule has 98 valence electrons. The van der Waals surface area contributed by atoms with Gasteiger partial charge in [-0.1, -0.05) is 37.3 Å². The number of fused-ring (bicyclic) bond motifs is 1. The number of aryl methyl sites for hydroxylation is 1. The zero-order valence-electron chi connectivity index (χ0n) is 11.1. The van der Waals surface area contributed by atoms with Crippen LogP contribution in [-0.4, -0.2) is 17.6 Å². The lowest BCUT2D eigenvalue weighted by atomic mass is 10.1. The average Bonchev–Trinajstić information content (AvgIpc) is 2.58. The highest BCUT2D eigenvalue weighted by Gasteiger charge is 2.21. The summed E-state index contributed by atoms with van der Waals surface area (Å²) in [6, 6.07) is 9.20. The van der Waals surface area contributed by atoms with E-state index in [4.69, 9.17) is 18.0 Å². The molecule has 0 radical (unpaired) electrons. The maximum Gasteiger partial charge on any atom is 0.0747 e. The van der Waals surface area contributed by atoms with Gasteiger partial charge in [0.1, 0.15) is 0 Å². The van der Waals surface area contributed by atoms with Gasteiger partial charge in [0.25, 0.3) is 0 Å². The molecule has 0 fully saturated rings. The van der Waals surface area contributed by atoms with Gasteiger partial charge < -0.3 is 10.6 Å². The topological polar surface area (TPSA) is 29.3 Å². The molecule has 18 heavy (non-hydrogen) atoms. The van der Waals surface area contributed by atoms with Crippen molar-refractivity contribution < 1.29 is 0 Å². The van der Waals surface area contributed by atoms with E-state index in [0.717, 1.165) is 19.4 Å². The molecule has 1 aromatic carbocycles. The van der Waals surface area contributed by atoms with Gasteiger partial charge in [0.05, 0.1) is 4.99 Å². The summed E-state index contributed by atoms with van der Waals surface area (Å²) in [7, 11) is 0. The van der Waals surface area contributed by atoms with Crippen molar-refractivity contribution in [3.8, 4) is 0 Å². The molecular formula is C15H22N2S. The van der Waals surface area contributed by atoms with E-state index in [2.05, 4.69) is 36.1 Å². The lowest BCUT2D eigenvalue weighted by Gasteiger charge is -2.33. The minimum atomic E-state index is 0.446. The molecule has 2 nitrogen and oxygen atoms in total. The first kappa shape index (κ1) is 13.3. The fourth-order valence-corrected chi connectivity index (χ4v) is 3.00. The average molecular weight is 262 g/mol. The van der Waals surface area contributed by atoms with Crippen molar-refractivity contribution in [1.82, 2.24) is 0 Å². The molecule has 0 saturated heterocycles. The molecule has 1 heterocycles. The van der Waals surface area contributed by atoms with Crippen LogP contribution < -0.4 is 10.6 Å². The Kier molecular flexibility index (Phi) is 4.59. The highest BCUT2D eigenvalue weighted by molar-refractivity contribution is 7.80. The summed E-state index contributed by atoms with van der Waals surface area (Å²) < 4.78 is 0. The summed E-state index contributed by atoms with van der Waals surface area (Å²) in [6.07, 6.45) is 5.63. The Morgan fingerprint density at radius 1 is 1.39 bits per heavy atom. The van der Waals surface area contributed by atoms with Crippen LogP contribution in [0.4, 0.5) is 5.69 Å². The second-order valence-corrected chi connectivity index (χ2v) is 5.54. The van der Waals surface area contributed by atoms with E-state index >= 15 is 0 Å². The van der Waals surface area contributed by atoms with E-state index in [9.17, 15) is 0 Å². The molecule has 0 aromatic heterocycles. The van der Waals surface area contributed by atoms with Crippen molar-refractivity contribution >= 4 is 22.9 Å². The van der Waals surface area contributed by atoms with Gasteiger partial charge in [0, 0.05) is 24.7 Å². The molecule has 1 unspecified atom stereocenters. The highest BCUT2D eigenvalue weighted by atomic mass is 32.1. The van der Waals surface area contributed by atoms with Crippen LogP contribution in [0.25, 0.3) is 0 Å². The first-order chi connectivity index (χ1) is 8.72. The molecule has 2 N–H and O–H groups in total. The molecular weight excluding hydrogens is 240 g/mol. The monoisotopic (exact) mass is 262 g/mol. The quantitative estimate of drug-likeness (QED) is 0.844. The Labute approximate surface area is 115 Å². The first-order valence-corrected chi connectivity index (χ1v) is 7.26.